The van der Waals surface area contributed by atoms with Gasteiger partial charge in [-0.25, -0.2) is 0 Å². The summed E-state index contributed by atoms with van der Waals surface area (Å²) in [6.07, 6.45) is 0.361. The smallest absolute Gasteiger partial charge is 0.243 e. The molecule has 0 unspecified atom stereocenters. The number of para-hydroxylation sites is 1. The van der Waals surface area contributed by atoms with Crippen LogP contribution in [0.15, 0.2) is 70.8 Å². The maximum Gasteiger partial charge on any atom is 0.243 e. The molecule has 0 saturated carbocycles. The van der Waals surface area contributed by atoms with Crippen molar-refractivity contribution in [2.75, 3.05) is 19.6 Å². The second-order valence-corrected chi connectivity index (χ2v) is 18.8. The molecule has 19 N–H and O–H groups in total. The molecule has 0 radical (unpaired) electrons. The van der Waals surface area contributed by atoms with E-state index in [9.17, 15) is 47.9 Å². The first-order chi connectivity index (χ1) is 36.2. The zero-order chi connectivity index (χ0) is 55.7. The fourth-order valence-electron chi connectivity index (χ4n) is 8.77. The molecule has 0 bridgehead atoms. The van der Waals surface area contributed by atoms with E-state index in [0.29, 0.717) is 11.1 Å². The molecule has 8 amide bonds. The first-order valence-electron chi connectivity index (χ1n) is 25.3. The number of Topliss-reactive ketones (excluding diaryl/α,β-unsaturated/α-hetero) is 2. The number of guanidine groups is 2. The van der Waals surface area contributed by atoms with Gasteiger partial charge in [-0.3, -0.25) is 57.9 Å². The van der Waals surface area contributed by atoms with Crippen LogP contribution in [0.3, 0.4) is 0 Å². The fraction of sp³-hybridized carbons (Fsp3) is 0.490. The Morgan fingerprint density at radius 2 is 1.36 bits per heavy atom. The zero-order valence-corrected chi connectivity index (χ0v) is 42.8. The molecule has 25 heteroatoms. The lowest BCUT2D eigenvalue weighted by Gasteiger charge is -2.27. The third-order valence-corrected chi connectivity index (χ3v) is 12.7. The first-order valence-corrected chi connectivity index (χ1v) is 25.3. The van der Waals surface area contributed by atoms with Crippen molar-refractivity contribution in [1.29, 1.82) is 0 Å². The third-order valence-electron chi connectivity index (χ3n) is 12.7. The molecule has 3 aromatic rings. The zero-order valence-electron chi connectivity index (χ0n) is 42.8. The molecule has 0 spiro atoms. The van der Waals surface area contributed by atoms with E-state index < -0.39 is 120 Å². The molecular formula is C51H73N15O10. The number of hydrogen-bond donors (Lipinski definition) is 13. The highest BCUT2D eigenvalue weighted by atomic mass is 16.2. The number of rotatable bonds is 19. The van der Waals surface area contributed by atoms with Crippen LogP contribution in [0.5, 0.6) is 0 Å². The van der Waals surface area contributed by atoms with Gasteiger partial charge in [0.25, 0.3) is 0 Å². The van der Waals surface area contributed by atoms with E-state index in [1.807, 2.05) is 24.3 Å². The van der Waals surface area contributed by atoms with E-state index in [1.54, 1.807) is 36.5 Å². The summed E-state index contributed by atoms with van der Waals surface area (Å²) in [5, 5.41) is 16.6. The summed E-state index contributed by atoms with van der Waals surface area (Å²) in [4.78, 5) is 148. The number of carbonyl (C=O) groups is 10. The normalized spacial score (nSPS) is 21.1. The Bertz CT molecular complexity index is 2580. The average molecular weight is 1060 g/mol. The number of amides is 8. The van der Waals surface area contributed by atoms with Crippen LogP contribution in [0.2, 0.25) is 0 Å². The van der Waals surface area contributed by atoms with Gasteiger partial charge in [0.15, 0.2) is 17.7 Å². The molecule has 25 nitrogen and oxygen atoms in total. The number of ketones is 2. The molecule has 2 aromatic carbocycles. The Hall–Kier alpha value is -8.38. The summed E-state index contributed by atoms with van der Waals surface area (Å²) in [7, 11) is 0. The SMILES string of the molecule is CC(=O)N[C@@H](CCCN=C(N)N)C(=O)N[C@H]1CCCCNC(=O)C[C@@H](C(N)=O)NC(=O)[C@H](Cc2c[nH]c3ccccc23)CC(=O)[C@H](CCCN=C(N)N)CC(=O)[C@@H](Cc2ccccc2)NC(=O)[C@H](CCC(N)=O)NC1=O. The first kappa shape index (κ1) is 60.2. The molecular weight excluding hydrogens is 983 g/mol. The van der Waals surface area contributed by atoms with Crippen molar-refractivity contribution < 1.29 is 47.9 Å². The Kier molecular flexibility index (Phi) is 24.3. The lowest BCUT2D eigenvalue weighted by Crippen LogP contribution is -2.58. The highest BCUT2D eigenvalue weighted by molar-refractivity contribution is 5.98. The molecule has 1 aromatic heterocycles. The maximum atomic E-state index is 14.8. The van der Waals surface area contributed by atoms with Crippen LogP contribution in [0.25, 0.3) is 10.9 Å². The van der Waals surface area contributed by atoms with Crippen molar-refractivity contribution in [3.63, 3.8) is 0 Å². The van der Waals surface area contributed by atoms with E-state index >= 15 is 0 Å². The summed E-state index contributed by atoms with van der Waals surface area (Å²) in [5.41, 5.74) is 35.4. The highest BCUT2D eigenvalue weighted by Gasteiger charge is 2.35. The number of primary amides is 2. The minimum absolute atomic E-state index is 0.00257. The van der Waals surface area contributed by atoms with Gasteiger partial charge < -0.3 is 71.3 Å². The lowest BCUT2D eigenvalue weighted by molar-refractivity contribution is -0.136. The number of aromatic amines is 1. The molecule has 0 aliphatic carbocycles. The van der Waals surface area contributed by atoms with Gasteiger partial charge in [0.05, 0.1) is 12.5 Å². The molecule has 1 fully saturated rings. The van der Waals surface area contributed by atoms with Gasteiger partial charge in [0.1, 0.15) is 30.0 Å². The summed E-state index contributed by atoms with van der Waals surface area (Å²) < 4.78 is 0. The minimum Gasteiger partial charge on any atom is -0.370 e. The van der Waals surface area contributed by atoms with Crippen LogP contribution in [-0.2, 0) is 60.8 Å². The van der Waals surface area contributed by atoms with Crippen molar-refractivity contribution in [1.82, 2.24) is 36.9 Å². The number of aliphatic imine (C=N–C) groups is 2. The number of carbonyl (C=O) groups excluding carboxylic acids is 10. The number of nitrogens with one attached hydrogen (secondary N) is 7. The van der Waals surface area contributed by atoms with Crippen LogP contribution < -0.4 is 66.3 Å². The third kappa shape index (κ3) is 20.9. The van der Waals surface area contributed by atoms with Gasteiger partial charge in [0.2, 0.25) is 47.3 Å². The van der Waals surface area contributed by atoms with Gasteiger partial charge in [-0.2, -0.15) is 0 Å². The molecule has 1 saturated heterocycles. The Morgan fingerprint density at radius 1 is 0.697 bits per heavy atom. The van der Waals surface area contributed by atoms with Crippen LogP contribution >= 0.6 is 0 Å². The van der Waals surface area contributed by atoms with Crippen molar-refractivity contribution in [3.8, 4) is 0 Å². The Labute approximate surface area is 440 Å². The van der Waals surface area contributed by atoms with E-state index in [2.05, 4.69) is 46.9 Å². The van der Waals surface area contributed by atoms with Crippen LogP contribution in [0.1, 0.15) is 95.1 Å². The number of benzene rings is 2. The van der Waals surface area contributed by atoms with Crippen molar-refractivity contribution >= 4 is 81.6 Å². The quantitative estimate of drug-likeness (QED) is 0.0354. The molecule has 1 aliphatic heterocycles. The van der Waals surface area contributed by atoms with Gasteiger partial charge in [-0.05, 0) is 81.4 Å². The van der Waals surface area contributed by atoms with Gasteiger partial charge in [-0.1, -0.05) is 48.5 Å². The van der Waals surface area contributed by atoms with Gasteiger partial charge in [0, 0.05) is 74.8 Å². The molecule has 412 valence electrons. The summed E-state index contributed by atoms with van der Waals surface area (Å²) in [5.74, 6) is -10.0. The number of fused-ring (bicyclic) bond motifs is 1. The van der Waals surface area contributed by atoms with E-state index in [4.69, 9.17) is 34.4 Å². The number of aromatic nitrogens is 1. The van der Waals surface area contributed by atoms with Crippen molar-refractivity contribution in [2.24, 2.45) is 56.2 Å². The Morgan fingerprint density at radius 3 is 2.03 bits per heavy atom. The number of nitrogens with zero attached hydrogens (tertiary/aromatic N) is 2. The van der Waals surface area contributed by atoms with Crippen molar-refractivity contribution in [2.45, 2.75) is 127 Å². The van der Waals surface area contributed by atoms with Crippen LogP contribution in [0.4, 0.5) is 0 Å². The van der Waals surface area contributed by atoms with Crippen molar-refractivity contribution in [3.05, 3.63) is 71.9 Å². The topological polar surface area (TPSA) is 440 Å². The summed E-state index contributed by atoms with van der Waals surface area (Å²) >= 11 is 0. The molecule has 76 heavy (non-hydrogen) atoms. The maximum absolute atomic E-state index is 14.8. The fourth-order valence-corrected chi connectivity index (χ4v) is 8.77. The summed E-state index contributed by atoms with van der Waals surface area (Å²) in [6, 6.07) is 9.14. The summed E-state index contributed by atoms with van der Waals surface area (Å²) in [6.45, 7) is 1.42. The van der Waals surface area contributed by atoms with Crippen LogP contribution in [0, 0.1) is 11.8 Å². The minimum atomic E-state index is -1.50. The highest BCUT2D eigenvalue weighted by Crippen LogP contribution is 2.26. The van der Waals surface area contributed by atoms with Crippen LogP contribution in [-0.4, -0.2) is 126 Å². The molecule has 2 heterocycles. The second kappa shape index (κ2) is 30.7. The predicted octanol–water partition coefficient (Wildman–Crippen LogP) is -1.90. The monoisotopic (exact) mass is 1060 g/mol. The van der Waals surface area contributed by atoms with E-state index in [0.717, 1.165) is 10.9 Å². The number of hydrogen-bond acceptors (Lipinski definition) is 12. The Balaban J connectivity index is 1.78. The molecule has 4 rings (SSSR count). The molecule has 7 atom stereocenters. The second-order valence-electron chi connectivity index (χ2n) is 18.8. The largest absolute Gasteiger partial charge is 0.370 e. The standard InChI is InChI=1S/C51H73N15O10/c1-29(67)62-36(17-10-22-60-51(56)57)47(74)63-37-16-7-8-20-58-44(71)27-40(45(53)72)66-46(73)32(24-33-28-61-35-15-6-5-14-34(33)35)26-41(68)31(13-9-21-59-50(54)55)25-42(69)39(23-30-11-3-2-4-12-30)65-49(76)38(64-48(37)75)18-19-43(52)70/h2-6,11-12,14-15,28,31-32,36-40,61H,7-10,13,16-27H2,1H3,(H2,52,70)(H2,53,72)(H,58,71)(H,62,67)(H,63,74)(H,64,75)(H,65,76)(H,66,73)(H4,54,55,59)(H4,56,57,60)/t31-,32-,36+,37+,38+,39-,40+/m1/s1. The van der Waals surface area contributed by atoms with Gasteiger partial charge in [-0.15, -0.1) is 0 Å². The van der Waals surface area contributed by atoms with Gasteiger partial charge >= 0.3 is 0 Å². The average Bonchev–Trinajstić information content (AvgIpc) is 3.77. The predicted molar refractivity (Wildman–Crippen MR) is 283 cm³/mol. The van der Waals surface area contributed by atoms with E-state index in [1.165, 1.54) is 6.92 Å². The van der Waals surface area contributed by atoms with E-state index in [-0.39, 0.29) is 102 Å². The lowest BCUT2D eigenvalue weighted by atomic mass is 9.83. The number of nitrogens with two attached hydrogens (primary N) is 6. The molecule has 1 aliphatic rings. The number of H-pyrrole nitrogens is 1.